The highest BCUT2D eigenvalue weighted by Gasteiger charge is 2.39. The van der Waals surface area contributed by atoms with E-state index in [9.17, 15) is 29.2 Å². The summed E-state index contributed by atoms with van der Waals surface area (Å²) in [6.07, 6.45) is 31.9. The molecular weight excluding hydrogens is 723 g/mol. The van der Waals surface area contributed by atoms with Crippen LogP contribution in [0.25, 0.3) is 0 Å². The summed E-state index contributed by atoms with van der Waals surface area (Å²) in [4.78, 5) is 55.6. The number of hydrogen-bond donors (Lipinski definition) is 4. The molecule has 12 heteroatoms. The van der Waals surface area contributed by atoms with Gasteiger partial charge in [0.05, 0.1) is 18.8 Å². The fourth-order valence-corrected chi connectivity index (χ4v) is 7.14. The minimum atomic E-state index is -4.82. The number of esters is 2. The van der Waals surface area contributed by atoms with Gasteiger partial charge in [0.1, 0.15) is 12.4 Å². The van der Waals surface area contributed by atoms with E-state index in [1.54, 1.807) is 12.2 Å². The SMILES string of the molecule is CCCCC/C=C\C/C=C\CCCCCCCCCC(=O)O[C@H](COC(=O)CCCCCC[C@H]1[C@@H](O)CC(=O)[C@@H]1/C=C/[C@@H](O)CCCCC)COP(=O)(O)O. The van der Waals surface area contributed by atoms with Crippen LogP contribution in [0, 0.1) is 11.8 Å². The molecule has 1 aliphatic rings. The zero-order valence-electron chi connectivity index (χ0n) is 34.0. The lowest BCUT2D eigenvalue weighted by molar-refractivity contribution is -0.161. The monoisotopic (exact) mass is 799 g/mol. The van der Waals surface area contributed by atoms with Crippen LogP contribution in [0.5, 0.6) is 0 Å². The van der Waals surface area contributed by atoms with Gasteiger partial charge in [0.25, 0.3) is 0 Å². The molecule has 1 aliphatic carbocycles. The van der Waals surface area contributed by atoms with Crippen molar-refractivity contribution < 1.29 is 52.9 Å². The smallest absolute Gasteiger partial charge is 0.462 e. The van der Waals surface area contributed by atoms with Gasteiger partial charge in [0.15, 0.2) is 6.10 Å². The number of Topliss-reactive ketones (excluding diaryl/α,β-unsaturated/α-hetero) is 1. The summed E-state index contributed by atoms with van der Waals surface area (Å²) in [5, 5.41) is 20.7. The van der Waals surface area contributed by atoms with E-state index in [1.807, 2.05) is 0 Å². The average Bonchev–Trinajstić information content (AvgIpc) is 3.41. The van der Waals surface area contributed by atoms with Gasteiger partial charge in [-0.15, -0.1) is 0 Å². The quantitative estimate of drug-likeness (QED) is 0.0208. The van der Waals surface area contributed by atoms with Crippen LogP contribution in [-0.4, -0.2) is 69.2 Å². The molecule has 0 radical (unpaired) electrons. The summed E-state index contributed by atoms with van der Waals surface area (Å²) in [6, 6.07) is 0. The Kier molecular flexibility index (Phi) is 30.4. The molecule has 0 heterocycles. The topological polar surface area (TPSA) is 177 Å². The standard InChI is InChI=1S/C43H75O11P/c1-3-5-7-8-9-10-11-12-13-14-15-16-17-18-19-20-26-30-43(48)54-37(35-53-55(49,50)51)34-52-42(47)29-25-22-21-24-28-38-39(41(46)33-40(38)45)32-31-36(44)27-23-6-4-2/h9-10,12-13,31-32,36-40,44-45H,3-8,11,14-30,33-35H2,1-2H3,(H2,49,50,51)/b10-9-,13-12-,32-31+/t36-,37+,38+,39+,40-/m0/s1. The second-order valence-electron chi connectivity index (χ2n) is 15.1. The molecule has 0 aromatic carbocycles. The van der Waals surface area contributed by atoms with E-state index in [0.717, 1.165) is 77.0 Å². The number of aliphatic hydroxyl groups is 2. The lowest BCUT2D eigenvalue weighted by atomic mass is 9.88. The fraction of sp³-hybridized carbons (Fsp3) is 0.791. The molecule has 1 fully saturated rings. The van der Waals surface area contributed by atoms with Crippen molar-refractivity contribution in [3.63, 3.8) is 0 Å². The third-order valence-electron chi connectivity index (χ3n) is 10.0. The number of rotatable bonds is 35. The fourth-order valence-electron chi connectivity index (χ4n) is 6.78. The maximum Gasteiger partial charge on any atom is 0.469 e. The molecule has 1 saturated carbocycles. The number of phosphoric ester groups is 1. The number of hydrogen-bond acceptors (Lipinski definition) is 9. The summed E-state index contributed by atoms with van der Waals surface area (Å²) in [5.74, 6) is -1.62. The molecule has 4 N–H and O–H groups in total. The number of aliphatic hydroxyl groups excluding tert-OH is 2. The first-order chi connectivity index (χ1) is 26.5. The number of phosphoric acid groups is 1. The van der Waals surface area contributed by atoms with Crippen molar-refractivity contribution in [3.8, 4) is 0 Å². The van der Waals surface area contributed by atoms with Gasteiger partial charge in [0, 0.05) is 25.2 Å². The molecule has 0 unspecified atom stereocenters. The number of ether oxygens (including phenoxy) is 2. The molecule has 0 amide bonds. The van der Waals surface area contributed by atoms with Crippen molar-refractivity contribution in [1.82, 2.24) is 0 Å². The van der Waals surface area contributed by atoms with Crippen molar-refractivity contribution in [2.24, 2.45) is 11.8 Å². The van der Waals surface area contributed by atoms with Crippen LogP contribution in [-0.2, 0) is 32.9 Å². The highest BCUT2D eigenvalue weighted by molar-refractivity contribution is 7.46. The Hall–Kier alpha value is -2.14. The van der Waals surface area contributed by atoms with Crippen molar-refractivity contribution >= 4 is 25.5 Å². The minimum absolute atomic E-state index is 0.000147. The van der Waals surface area contributed by atoms with Crippen molar-refractivity contribution in [2.45, 2.75) is 193 Å². The predicted octanol–water partition coefficient (Wildman–Crippen LogP) is 9.55. The largest absolute Gasteiger partial charge is 0.469 e. The number of carbonyl (C=O) groups is 3. The number of unbranched alkanes of at least 4 members (excludes halogenated alkanes) is 15. The average molecular weight is 799 g/mol. The zero-order valence-corrected chi connectivity index (χ0v) is 34.9. The summed E-state index contributed by atoms with van der Waals surface area (Å²) < 4.78 is 26.4. The first-order valence-electron chi connectivity index (χ1n) is 21.4. The molecule has 11 nitrogen and oxygen atoms in total. The van der Waals surface area contributed by atoms with Gasteiger partial charge in [-0.2, -0.15) is 0 Å². The van der Waals surface area contributed by atoms with Gasteiger partial charge >= 0.3 is 19.8 Å². The molecule has 0 saturated heterocycles. The normalized spacial score (nSPS) is 18.9. The van der Waals surface area contributed by atoms with Crippen LogP contribution < -0.4 is 0 Å². The van der Waals surface area contributed by atoms with Crippen LogP contribution in [0.15, 0.2) is 36.5 Å². The molecular formula is C43H75O11P. The van der Waals surface area contributed by atoms with E-state index in [0.29, 0.717) is 25.7 Å². The summed E-state index contributed by atoms with van der Waals surface area (Å²) in [6.45, 7) is 3.35. The molecule has 1 rings (SSSR count). The minimum Gasteiger partial charge on any atom is -0.462 e. The highest BCUT2D eigenvalue weighted by Crippen LogP contribution is 2.36. The van der Waals surface area contributed by atoms with E-state index in [2.05, 4.69) is 42.7 Å². The predicted molar refractivity (Wildman–Crippen MR) is 217 cm³/mol. The summed E-state index contributed by atoms with van der Waals surface area (Å²) in [7, 11) is -4.82. The third-order valence-corrected chi connectivity index (χ3v) is 10.5. The molecule has 0 bridgehead atoms. The van der Waals surface area contributed by atoms with Crippen LogP contribution in [0.1, 0.15) is 174 Å². The Labute approximate surface area is 332 Å². The van der Waals surface area contributed by atoms with Gasteiger partial charge in [-0.1, -0.05) is 134 Å². The molecule has 0 spiro atoms. The van der Waals surface area contributed by atoms with Gasteiger partial charge in [0.2, 0.25) is 0 Å². The summed E-state index contributed by atoms with van der Waals surface area (Å²) in [5.41, 5.74) is 0. The molecule has 5 atom stereocenters. The van der Waals surface area contributed by atoms with Gasteiger partial charge in [-0.3, -0.25) is 18.9 Å². The van der Waals surface area contributed by atoms with Crippen LogP contribution >= 0.6 is 7.82 Å². The second-order valence-corrected chi connectivity index (χ2v) is 16.3. The van der Waals surface area contributed by atoms with Crippen LogP contribution in [0.4, 0.5) is 0 Å². The lowest BCUT2D eigenvalue weighted by Crippen LogP contribution is -2.29. The van der Waals surface area contributed by atoms with E-state index in [4.69, 9.17) is 19.3 Å². The molecule has 0 aliphatic heterocycles. The Morgan fingerprint density at radius 2 is 1.33 bits per heavy atom. The summed E-state index contributed by atoms with van der Waals surface area (Å²) >= 11 is 0. The lowest BCUT2D eigenvalue weighted by Gasteiger charge is -2.19. The highest BCUT2D eigenvalue weighted by atomic mass is 31.2. The van der Waals surface area contributed by atoms with E-state index in [-0.39, 0.29) is 37.6 Å². The van der Waals surface area contributed by atoms with Crippen molar-refractivity contribution in [1.29, 1.82) is 0 Å². The third kappa shape index (κ3) is 28.8. The first-order valence-corrected chi connectivity index (χ1v) is 22.9. The van der Waals surface area contributed by atoms with Gasteiger partial charge < -0.3 is 29.5 Å². The van der Waals surface area contributed by atoms with E-state index >= 15 is 0 Å². The number of allylic oxidation sites excluding steroid dienone is 5. The molecule has 0 aromatic heterocycles. The van der Waals surface area contributed by atoms with Crippen LogP contribution in [0.3, 0.4) is 0 Å². The number of ketones is 1. The second kappa shape index (κ2) is 32.9. The number of carbonyl (C=O) groups excluding carboxylic acids is 3. The van der Waals surface area contributed by atoms with E-state index < -0.39 is 50.6 Å². The molecule has 55 heavy (non-hydrogen) atoms. The van der Waals surface area contributed by atoms with Gasteiger partial charge in [-0.05, 0) is 63.7 Å². The van der Waals surface area contributed by atoms with E-state index in [1.165, 1.54) is 38.5 Å². The first kappa shape index (κ1) is 50.9. The van der Waals surface area contributed by atoms with Gasteiger partial charge in [-0.25, -0.2) is 4.57 Å². The molecule has 0 aromatic rings. The Morgan fingerprint density at radius 1 is 0.764 bits per heavy atom. The Balaban J connectivity index is 2.25. The molecule has 318 valence electrons. The maximum atomic E-state index is 12.5. The Morgan fingerprint density at radius 3 is 1.96 bits per heavy atom. The maximum absolute atomic E-state index is 12.5. The van der Waals surface area contributed by atoms with Crippen molar-refractivity contribution in [3.05, 3.63) is 36.5 Å². The van der Waals surface area contributed by atoms with Crippen molar-refractivity contribution in [2.75, 3.05) is 13.2 Å². The Bertz CT molecular complexity index is 1150. The zero-order chi connectivity index (χ0) is 40.6. The van der Waals surface area contributed by atoms with Crippen LogP contribution in [0.2, 0.25) is 0 Å².